The van der Waals surface area contributed by atoms with Crippen molar-refractivity contribution >= 4 is 11.7 Å². The first-order chi connectivity index (χ1) is 12.2. The van der Waals surface area contributed by atoms with E-state index in [1.807, 2.05) is 18.2 Å². The Kier molecular flexibility index (Phi) is 4.40. The van der Waals surface area contributed by atoms with Crippen LogP contribution in [-0.2, 0) is 11.2 Å². The van der Waals surface area contributed by atoms with Crippen molar-refractivity contribution in [3.63, 3.8) is 0 Å². The van der Waals surface area contributed by atoms with Crippen molar-refractivity contribution in [2.24, 2.45) is 0 Å². The van der Waals surface area contributed by atoms with Crippen molar-refractivity contribution in [2.75, 3.05) is 18.1 Å². The standard InChI is InChI=1S/C20H21FN2O2/c21-16-9-7-15(8-10-16)19(18-6-3-13-25-18)22-20(24)23-12-11-14-4-1-2-5-17(14)23/h1-2,4-5,7-10,18-19H,3,6,11-13H2,(H,22,24). The Morgan fingerprint density at radius 2 is 2.00 bits per heavy atom. The average molecular weight is 340 g/mol. The monoisotopic (exact) mass is 340 g/mol. The molecule has 4 nitrogen and oxygen atoms in total. The number of urea groups is 1. The molecule has 0 aliphatic carbocycles. The summed E-state index contributed by atoms with van der Waals surface area (Å²) < 4.78 is 19.1. The van der Waals surface area contributed by atoms with Crippen LogP contribution >= 0.6 is 0 Å². The molecule has 0 bridgehead atoms. The molecule has 2 amide bonds. The molecule has 0 radical (unpaired) electrons. The summed E-state index contributed by atoms with van der Waals surface area (Å²) in [5.74, 6) is -0.283. The maximum absolute atomic E-state index is 13.3. The molecule has 2 heterocycles. The summed E-state index contributed by atoms with van der Waals surface area (Å²) in [5.41, 5.74) is 3.02. The maximum atomic E-state index is 13.3. The number of hydrogen-bond acceptors (Lipinski definition) is 2. The molecule has 5 heteroatoms. The molecule has 1 saturated heterocycles. The minimum atomic E-state index is -0.283. The van der Waals surface area contributed by atoms with E-state index in [4.69, 9.17) is 4.74 Å². The summed E-state index contributed by atoms with van der Waals surface area (Å²) >= 11 is 0. The first kappa shape index (κ1) is 16.1. The average Bonchev–Trinajstić information content (AvgIpc) is 3.30. The third kappa shape index (κ3) is 3.24. The Labute approximate surface area is 146 Å². The summed E-state index contributed by atoms with van der Waals surface area (Å²) in [6.07, 6.45) is 2.65. The summed E-state index contributed by atoms with van der Waals surface area (Å²) in [6, 6.07) is 13.9. The zero-order chi connectivity index (χ0) is 17.2. The lowest BCUT2D eigenvalue weighted by Crippen LogP contribution is -2.44. The number of hydrogen-bond donors (Lipinski definition) is 1. The SMILES string of the molecule is O=C(NC(c1ccc(F)cc1)C1CCCO1)N1CCc2ccccc21. The fraction of sp³-hybridized carbons (Fsp3) is 0.350. The van der Waals surface area contributed by atoms with Crippen LogP contribution in [0.25, 0.3) is 0 Å². The molecule has 2 aromatic carbocycles. The third-order valence-electron chi connectivity index (χ3n) is 4.98. The van der Waals surface area contributed by atoms with Gasteiger partial charge in [-0.1, -0.05) is 30.3 Å². The van der Waals surface area contributed by atoms with Crippen molar-refractivity contribution in [1.29, 1.82) is 0 Å². The van der Waals surface area contributed by atoms with Crippen LogP contribution in [0.2, 0.25) is 0 Å². The number of halogens is 1. The molecule has 0 saturated carbocycles. The number of carbonyl (C=O) groups excluding carboxylic acids is 1. The molecule has 130 valence electrons. The first-order valence-electron chi connectivity index (χ1n) is 8.75. The number of amides is 2. The number of ether oxygens (including phenoxy) is 1. The first-order valence-corrected chi connectivity index (χ1v) is 8.75. The van der Waals surface area contributed by atoms with Gasteiger partial charge in [0.1, 0.15) is 5.82 Å². The minimum absolute atomic E-state index is 0.0766. The minimum Gasteiger partial charge on any atom is -0.376 e. The van der Waals surface area contributed by atoms with Gasteiger partial charge in [-0.3, -0.25) is 4.90 Å². The van der Waals surface area contributed by atoms with E-state index in [1.165, 1.54) is 17.7 Å². The number of rotatable bonds is 3. The van der Waals surface area contributed by atoms with Crippen LogP contribution in [-0.4, -0.2) is 25.3 Å². The van der Waals surface area contributed by atoms with Gasteiger partial charge in [-0.15, -0.1) is 0 Å². The molecule has 2 aliphatic heterocycles. The van der Waals surface area contributed by atoms with Crippen LogP contribution in [0.4, 0.5) is 14.9 Å². The Hall–Kier alpha value is -2.40. The molecule has 2 aliphatic rings. The zero-order valence-electron chi connectivity index (χ0n) is 14.0. The van der Waals surface area contributed by atoms with E-state index < -0.39 is 0 Å². The van der Waals surface area contributed by atoms with Crippen molar-refractivity contribution in [2.45, 2.75) is 31.4 Å². The van der Waals surface area contributed by atoms with Crippen molar-refractivity contribution in [1.82, 2.24) is 5.32 Å². The molecule has 2 aromatic rings. The lowest BCUT2D eigenvalue weighted by molar-refractivity contribution is 0.0811. The van der Waals surface area contributed by atoms with Gasteiger partial charge in [0.2, 0.25) is 0 Å². The van der Waals surface area contributed by atoms with Gasteiger partial charge in [-0.05, 0) is 48.6 Å². The predicted octanol–water partition coefficient (Wildman–Crippen LogP) is 3.82. The summed E-state index contributed by atoms with van der Waals surface area (Å²) in [4.78, 5) is 14.7. The van der Waals surface area contributed by atoms with Crippen LogP contribution < -0.4 is 10.2 Å². The second-order valence-electron chi connectivity index (χ2n) is 6.56. The number of fused-ring (bicyclic) bond motifs is 1. The molecule has 1 fully saturated rings. The van der Waals surface area contributed by atoms with E-state index in [2.05, 4.69) is 11.4 Å². The molecule has 0 spiro atoms. The number of carbonyl (C=O) groups is 1. The molecular weight excluding hydrogens is 319 g/mol. The largest absolute Gasteiger partial charge is 0.376 e. The number of nitrogens with one attached hydrogen (secondary N) is 1. The number of anilines is 1. The van der Waals surface area contributed by atoms with Crippen molar-refractivity contribution in [3.05, 3.63) is 65.5 Å². The van der Waals surface area contributed by atoms with E-state index in [0.29, 0.717) is 13.2 Å². The Morgan fingerprint density at radius 1 is 1.20 bits per heavy atom. The van der Waals surface area contributed by atoms with Gasteiger partial charge in [-0.25, -0.2) is 9.18 Å². The van der Waals surface area contributed by atoms with Crippen molar-refractivity contribution in [3.8, 4) is 0 Å². The summed E-state index contributed by atoms with van der Waals surface area (Å²) in [5, 5.41) is 3.12. The van der Waals surface area contributed by atoms with Crippen LogP contribution in [0.15, 0.2) is 48.5 Å². The molecular formula is C20H21FN2O2. The van der Waals surface area contributed by atoms with Crippen LogP contribution in [0, 0.1) is 5.82 Å². The van der Waals surface area contributed by atoms with Gasteiger partial charge >= 0.3 is 6.03 Å². The topological polar surface area (TPSA) is 41.6 Å². The van der Waals surface area contributed by atoms with Gasteiger partial charge in [0.15, 0.2) is 0 Å². The second-order valence-corrected chi connectivity index (χ2v) is 6.56. The lowest BCUT2D eigenvalue weighted by Gasteiger charge is -2.28. The summed E-state index contributed by atoms with van der Waals surface area (Å²) in [7, 11) is 0. The number of nitrogens with zero attached hydrogens (tertiary/aromatic N) is 1. The van der Waals surface area contributed by atoms with E-state index in [1.54, 1.807) is 17.0 Å². The van der Waals surface area contributed by atoms with Gasteiger partial charge in [-0.2, -0.15) is 0 Å². The lowest BCUT2D eigenvalue weighted by atomic mass is 9.99. The molecule has 4 rings (SSSR count). The molecule has 2 atom stereocenters. The highest BCUT2D eigenvalue weighted by atomic mass is 19.1. The second kappa shape index (κ2) is 6.84. The Morgan fingerprint density at radius 3 is 2.76 bits per heavy atom. The number of benzene rings is 2. The summed E-state index contributed by atoms with van der Waals surface area (Å²) in [6.45, 7) is 1.37. The normalized spacial score (nSPS) is 20.4. The number of para-hydroxylation sites is 1. The van der Waals surface area contributed by atoms with Crippen LogP contribution in [0.5, 0.6) is 0 Å². The van der Waals surface area contributed by atoms with Gasteiger partial charge in [0.05, 0.1) is 12.1 Å². The highest BCUT2D eigenvalue weighted by Crippen LogP contribution is 2.30. The van der Waals surface area contributed by atoms with E-state index in [-0.39, 0.29) is 24.0 Å². The van der Waals surface area contributed by atoms with E-state index in [0.717, 1.165) is 30.5 Å². The maximum Gasteiger partial charge on any atom is 0.322 e. The van der Waals surface area contributed by atoms with Crippen molar-refractivity contribution < 1.29 is 13.9 Å². The highest BCUT2D eigenvalue weighted by molar-refractivity contribution is 5.94. The Bertz CT molecular complexity index is 757. The molecule has 0 aromatic heterocycles. The molecule has 25 heavy (non-hydrogen) atoms. The fourth-order valence-corrected chi connectivity index (χ4v) is 3.69. The molecule has 2 unspecified atom stereocenters. The third-order valence-corrected chi connectivity index (χ3v) is 4.98. The van der Waals surface area contributed by atoms with Gasteiger partial charge in [0.25, 0.3) is 0 Å². The van der Waals surface area contributed by atoms with Crippen LogP contribution in [0.3, 0.4) is 0 Å². The van der Waals surface area contributed by atoms with Gasteiger partial charge < -0.3 is 10.1 Å². The zero-order valence-corrected chi connectivity index (χ0v) is 14.0. The smallest absolute Gasteiger partial charge is 0.322 e. The quantitative estimate of drug-likeness (QED) is 0.923. The van der Waals surface area contributed by atoms with Gasteiger partial charge in [0, 0.05) is 18.8 Å². The predicted molar refractivity (Wildman–Crippen MR) is 94.1 cm³/mol. The fourth-order valence-electron chi connectivity index (χ4n) is 3.69. The molecule has 1 N–H and O–H groups in total. The Balaban J connectivity index is 1.56. The highest BCUT2D eigenvalue weighted by Gasteiger charge is 2.32. The van der Waals surface area contributed by atoms with Crippen LogP contribution in [0.1, 0.15) is 30.0 Å². The van der Waals surface area contributed by atoms with E-state index in [9.17, 15) is 9.18 Å². The van der Waals surface area contributed by atoms with E-state index >= 15 is 0 Å².